The van der Waals surface area contributed by atoms with Gasteiger partial charge < -0.3 is 15.0 Å². The van der Waals surface area contributed by atoms with Crippen molar-refractivity contribution in [2.45, 2.75) is 64.8 Å². The van der Waals surface area contributed by atoms with E-state index in [0.29, 0.717) is 6.04 Å². The van der Waals surface area contributed by atoms with Gasteiger partial charge in [-0.2, -0.15) is 0 Å². The van der Waals surface area contributed by atoms with Gasteiger partial charge in [0.05, 0.1) is 0 Å². The molecule has 2 atom stereocenters. The molecule has 1 aromatic heterocycles. The minimum atomic E-state index is -0.445. The molecule has 2 rings (SSSR count). The van der Waals surface area contributed by atoms with Crippen molar-refractivity contribution in [1.82, 2.24) is 10.2 Å². The Labute approximate surface area is 145 Å². The van der Waals surface area contributed by atoms with Gasteiger partial charge in [0, 0.05) is 34.5 Å². The van der Waals surface area contributed by atoms with E-state index in [0.717, 1.165) is 30.4 Å². The number of rotatable bonds is 3. The highest BCUT2D eigenvalue weighted by molar-refractivity contribution is 9.10. The summed E-state index contributed by atoms with van der Waals surface area (Å²) in [5, 5.41) is 5.67. The van der Waals surface area contributed by atoms with Gasteiger partial charge in [-0.3, -0.25) is 0 Å². The second-order valence-electron chi connectivity index (χ2n) is 6.74. The van der Waals surface area contributed by atoms with Crippen molar-refractivity contribution in [2.75, 3.05) is 6.54 Å². The summed E-state index contributed by atoms with van der Waals surface area (Å²) in [6.07, 6.45) is 1.89. The van der Waals surface area contributed by atoms with Gasteiger partial charge in [-0.25, -0.2) is 4.79 Å². The average molecular weight is 389 g/mol. The Morgan fingerprint density at radius 1 is 1.55 bits per heavy atom. The quantitative estimate of drug-likeness (QED) is 0.834. The number of hydrogen-bond acceptors (Lipinski definition) is 4. The number of likely N-dealkylation sites (tertiary alicyclic amines) is 1. The third-order valence-electron chi connectivity index (χ3n) is 3.83. The predicted molar refractivity (Wildman–Crippen MR) is 94.3 cm³/mol. The van der Waals surface area contributed by atoms with E-state index in [-0.39, 0.29) is 12.1 Å². The van der Waals surface area contributed by atoms with Crippen molar-refractivity contribution in [3.8, 4) is 0 Å². The Hall–Kier alpha value is -0.590. The zero-order chi connectivity index (χ0) is 16.3. The van der Waals surface area contributed by atoms with Crippen LogP contribution >= 0.6 is 27.3 Å². The molecule has 0 aromatic carbocycles. The molecular weight excluding hydrogens is 364 g/mol. The monoisotopic (exact) mass is 388 g/mol. The molecule has 0 radical (unpaired) electrons. The van der Waals surface area contributed by atoms with Crippen LogP contribution < -0.4 is 5.32 Å². The first kappa shape index (κ1) is 17.8. The van der Waals surface area contributed by atoms with Crippen molar-refractivity contribution >= 4 is 33.4 Å². The molecule has 2 heterocycles. The molecule has 1 aliphatic heterocycles. The Kier molecular flexibility index (Phi) is 5.91. The maximum Gasteiger partial charge on any atom is 0.410 e. The number of carbonyl (C=O) groups is 1. The summed E-state index contributed by atoms with van der Waals surface area (Å²) in [6, 6.07) is 2.51. The fourth-order valence-corrected chi connectivity index (χ4v) is 4.11. The van der Waals surface area contributed by atoms with Gasteiger partial charge in [0.1, 0.15) is 5.60 Å². The van der Waals surface area contributed by atoms with Crippen LogP contribution in [0.15, 0.2) is 15.9 Å². The molecule has 6 heteroatoms. The number of carbonyl (C=O) groups excluding carboxylic acids is 1. The molecule has 0 saturated carbocycles. The lowest BCUT2D eigenvalue weighted by Gasteiger charge is -2.40. The van der Waals surface area contributed by atoms with Crippen molar-refractivity contribution in [3.63, 3.8) is 0 Å². The van der Waals surface area contributed by atoms with E-state index in [4.69, 9.17) is 4.74 Å². The maximum atomic E-state index is 12.3. The molecule has 1 N–H and O–H groups in total. The molecular formula is C16H25BrN2O2S. The molecule has 1 amide bonds. The number of ether oxygens (including phenoxy) is 1. The lowest BCUT2D eigenvalue weighted by Crippen LogP contribution is -2.55. The first-order valence-electron chi connectivity index (χ1n) is 7.73. The van der Waals surface area contributed by atoms with Crippen LogP contribution in [0.5, 0.6) is 0 Å². The summed E-state index contributed by atoms with van der Waals surface area (Å²) in [4.78, 5) is 15.5. The number of nitrogens with zero attached hydrogens (tertiary/aromatic N) is 1. The molecule has 0 aliphatic carbocycles. The lowest BCUT2D eigenvalue weighted by atomic mass is 9.98. The van der Waals surface area contributed by atoms with Crippen LogP contribution in [-0.4, -0.2) is 35.2 Å². The van der Waals surface area contributed by atoms with E-state index < -0.39 is 5.60 Å². The topological polar surface area (TPSA) is 41.6 Å². The normalized spacial score (nSPS) is 22.7. The van der Waals surface area contributed by atoms with Crippen LogP contribution in [0.4, 0.5) is 4.79 Å². The molecule has 4 nitrogen and oxygen atoms in total. The zero-order valence-corrected chi connectivity index (χ0v) is 16.1. The van der Waals surface area contributed by atoms with Crippen LogP contribution in [0, 0.1) is 0 Å². The van der Waals surface area contributed by atoms with Gasteiger partial charge >= 0.3 is 6.09 Å². The molecule has 0 bridgehead atoms. The van der Waals surface area contributed by atoms with E-state index in [1.54, 1.807) is 11.3 Å². The second kappa shape index (κ2) is 7.32. The average Bonchev–Trinajstić information content (AvgIpc) is 2.81. The minimum Gasteiger partial charge on any atom is -0.444 e. The van der Waals surface area contributed by atoms with E-state index >= 15 is 0 Å². The molecule has 1 saturated heterocycles. The maximum absolute atomic E-state index is 12.3. The van der Waals surface area contributed by atoms with Crippen LogP contribution in [0.1, 0.15) is 45.4 Å². The van der Waals surface area contributed by atoms with E-state index in [1.165, 1.54) is 4.88 Å². The summed E-state index contributed by atoms with van der Waals surface area (Å²) in [6.45, 7) is 9.42. The first-order chi connectivity index (χ1) is 10.3. The summed E-state index contributed by atoms with van der Waals surface area (Å²) in [7, 11) is 0. The summed E-state index contributed by atoms with van der Waals surface area (Å²) < 4.78 is 6.67. The third-order valence-corrected chi connectivity index (χ3v) is 5.76. The molecule has 1 aromatic rings. The third kappa shape index (κ3) is 4.70. The Bertz CT molecular complexity index is 512. The Balaban J connectivity index is 1.93. The van der Waals surface area contributed by atoms with Gasteiger partial charge in [-0.1, -0.05) is 0 Å². The summed E-state index contributed by atoms with van der Waals surface area (Å²) >= 11 is 5.30. The predicted octanol–water partition coefficient (Wildman–Crippen LogP) is 4.39. The standard InChI is InChI=1S/C16H25BrN2O2S/c1-11-13(18-10-14-12(17)7-9-22-14)6-5-8-19(11)15(20)21-16(2,3)4/h7,9,11,13,18H,5-6,8,10H2,1-4H3. The smallest absolute Gasteiger partial charge is 0.410 e. The van der Waals surface area contributed by atoms with Crippen molar-refractivity contribution < 1.29 is 9.53 Å². The van der Waals surface area contributed by atoms with Crippen LogP contribution in [0.2, 0.25) is 0 Å². The van der Waals surface area contributed by atoms with Gasteiger partial charge in [-0.05, 0) is 67.9 Å². The second-order valence-corrected chi connectivity index (χ2v) is 8.59. The molecule has 22 heavy (non-hydrogen) atoms. The molecule has 0 spiro atoms. The van der Waals surface area contributed by atoms with Crippen LogP contribution in [-0.2, 0) is 11.3 Å². The number of thiophene rings is 1. The summed E-state index contributed by atoms with van der Waals surface area (Å²) in [5.41, 5.74) is -0.445. The van der Waals surface area contributed by atoms with E-state index in [9.17, 15) is 4.79 Å². The molecule has 1 fully saturated rings. The number of nitrogens with one attached hydrogen (secondary N) is 1. The molecule has 124 valence electrons. The van der Waals surface area contributed by atoms with E-state index in [2.05, 4.69) is 39.6 Å². The first-order valence-corrected chi connectivity index (χ1v) is 9.40. The lowest BCUT2D eigenvalue weighted by molar-refractivity contribution is 0.00700. The van der Waals surface area contributed by atoms with Crippen molar-refractivity contribution in [1.29, 1.82) is 0 Å². The van der Waals surface area contributed by atoms with Crippen molar-refractivity contribution in [2.24, 2.45) is 0 Å². The van der Waals surface area contributed by atoms with Gasteiger partial charge in [0.25, 0.3) is 0 Å². The Morgan fingerprint density at radius 3 is 2.86 bits per heavy atom. The summed E-state index contributed by atoms with van der Waals surface area (Å²) in [5.74, 6) is 0. The highest BCUT2D eigenvalue weighted by Crippen LogP contribution is 2.24. The number of halogens is 1. The number of piperidine rings is 1. The fraction of sp³-hybridized carbons (Fsp3) is 0.688. The number of hydrogen-bond donors (Lipinski definition) is 1. The van der Waals surface area contributed by atoms with Crippen molar-refractivity contribution in [3.05, 3.63) is 20.8 Å². The van der Waals surface area contributed by atoms with E-state index in [1.807, 2.05) is 25.7 Å². The highest BCUT2D eigenvalue weighted by Gasteiger charge is 2.33. The molecule has 2 unspecified atom stereocenters. The van der Waals surface area contributed by atoms with Gasteiger partial charge in [0.15, 0.2) is 0 Å². The molecule has 1 aliphatic rings. The zero-order valence-electron chi connectivity index (χ0n) is 13.7. The number of amides is 1. The SMILES string of the molecule is CC1C(NCc2sccc2Br)CCCN1C(=O)OC(C)(C)C. The fourth-order valence-electron chi connectivity index (χ4n) is 2.67. The van der Waals surface area contributed by atoms with Gasteiger partial charge in [-0.15, -0.1) is 11.3 Å². The minimum absolute atomic E-state index is 0.141. The van der Waals surface area contributed by atoms with Gasteiger partial charge in [0.2, 0.25) is 0 Å². The highest BCUT2D eigenvalue weighted by atomic mass is 79.9. The van der Waals surface area contributed by atoms with Crippen LogP contribution in [0.3, 0.4) is 0 Å². The Morgan fingerprint density at radius 2 is 2.27 bits per heavy atom. The van der Waals surface area contributed by atoms with Crippen LogP contribution in [0.25, 0.3) is 0 Å². The largest absolute Gasteiger partial charge is 0.444 e.